The van der Waals surface area contributed by atoms with Crippen LogP contribution in [-0.2, 0) is 0 Å². The van der Waals surface area contributed by atoms with Gasteiger partial charge in [-0.2, -0.15) is 0 Å². The van der Waals surface area contributed by atoms with E-state index >= 15 is 0 Å². The van der Waals surface area contributed by atoms with Crippen LogP contribution in [-0.4, -0.2) is 31.1 Å². The summed E-state index contributed by atoms with van der Waals surface area (Å²) in [6, 6.07) is 11.4. The highest BCUT2D eigenvalue weighted by Gasteiger charge is 2.32. The molecule has 2 unspecified atom stereocenters. The zero-order valence-corrected chi connectivity index (χ0v) is 14.2. The molecule has 0 aliphatic carbocycles. The minimum absolute atomic E-state index is 0.438. The van der Waals surface area contributed by atoms with Gasteiger partial charge in [-0.25, -0.2) is 0 Å². The van der Waals surface area contributed by atoms with E-state index in [-0.39, 0.29) is 0 Å². The van der Waals surface area contributed by atoms with Gasteiger partial charge in [0.25, 0.3) is 0 Å². The molecular weight excluding hydrogens is 256 g/mol. The van der Waals surface area contributed by atoms with Crippen molar-refractivity contribution in [1.82, 2.24) is 10.2 Å². The molecule has 1 aromatic carbocycles. The van der Waals surface area contributed by atoms with Crippen molar-refractivity contribution in [2.75, 3.05) is 26.2 Å². The molecule has 2 nitrogen and oxygen atoms in total. The topological polar surface area (TPSA) is 15.3 Å². The van der Waals surface area contributed by atoms with Crippen LogP contribution in [0.25, 0.3) is 0 Å². The van der Waals surface area contributed by atoms with Crippen LogP contribution in [0.15, 0.2) is 30.3 Å². The Morgan fingerprint density at radius 2 is 1.95 bits per heavy atom. The Hall–Kier alpha value is -0.860. The van der Waals surface area contributed by atoms with Crippen molar-refractivity contribution in [2.24, 2.45) is 11.3 Å². The average Bonchev–Trinajstić information content (AvgIpc) is 2.93. The van der Waals surface area contributed by atoms with Gasteiger partial charge in [-0.15, -0.1) is 0 Å². The third kappa shape index (κ3) is 4.82. The van der Waals surface area contributed by atoms with E-state index in [0.717, 1.165) is 19.0 Å². The predicted octanol–water partition coefficient (Wildman–Crippen LogP) is 4.10. The normalized spacial score (nSPS) is 21.6. The second kappa shape index (κ2) is 7.42. The Balaban J connectivity index is 1.97. The molecule has 1 fully saturated rings. The Morgan fingerprint density at radius 1 is 1.24 bits per heavy atom. The first kappa shape index (κ1) is 16.5. The van der Waals surface area contributed by atoms with E-state index in [2.05, 4.69) is 68.2 Å². The van der Waals surface area contributed by atoms with Crippen LogP contribution < -0.4 is 5.32 Å². The van der Waals surface area contributed by atoms with Crippen molar-refractivity contribution < 1.29 is 0 Å². The Labute approximate surface area is 130 Å². The molecule has 0 amide bonds. The van der Waals surface area contributed by atoms with E-state index in [1.165, 1.54) is 31.5 Å². The number of rotatable bonds is 6. The third-order valence-electron chi connectivity index (χ3n) is 4.78. The molecule has 21 heavy (non-hydrogen) atoms. The molecular formula is C19H32N2. The standard InChI is InChI=1S/C19H32N2/c1-5-12-20-18(16-9-7-6-8-10-16)15-21-13-11-17(14-21)19(2,3)4/h6-10,17-18,20H,5,11-15H2,1-4H3. The maximum Gasteiger partial charge on any atom is 0.0449 e. The molecule has 1 N–H and O–H groups in total. The van der Waals surface area contributed by atoms with Gasteiger partial charge in [0.2, 0.25) is 0 Å². The van der Waals surface area contributed by atoms with Crippen LogP contribution in [0.3, 0.4) is 0 Å². The summed E-state index contributed by atoms with van der Waals surface area (Å²) in [6.45, 7) is 14.1. The van der Waals surface area contributed by atoms with E-state index in [4.69, 9.17) is 0 Å². The van der Waals surface area contributed by atoms with Crippen LogP contribution in [0.5, 0.6) is 0 Å². The van der Waals surface area contributed by atoms with Crippen LogP contribution >= 0.6 is 0 Å². The molecule has 118 valence electrons. The molecule has 1 aliphatic rings. The Bertz CT molecular complexity index is 407. The van der Waals surface area contributed by atoms with E-state index in [1.54, 1.807) is 0 Å². The summed E-state index contributed by atoms with van der Waals surface area (Å²) in [4.78, 5) is 2.65. The summed E-state index contributed by atoms with van der Waals surface area (Å²) in [5.41, 5.74) is 1.86. The van der Waals surface area contributed by atoms with Crippen molar-refractivity contribution in [3.8, 4) is 0 Å². The van der Waals surface area contributed by atoms with Crippen molar-refractivity contribution in [1.29, 1.82) is 0 Å². The number of benzene rings is 1. The van der Waals surface area contributed by atoms with Crippen LogP contribution in [0, 0.1) is 11.3 Å². The van der Waals surface area contributed by atoms with Gasteiger partial charge in [-0.05, 0) is 42.8 Å². The molecule has 0 spiro atoms. The molecule has 0 bridgehead atoms. The second-order valence-corrected chi connectivity index (χ2v) is 7.53. The zero-order chi connectivity index (χ0) is 15.3. The van der Waals surface area contributed by atoms with Gasteiger partial charge in [0.05, 0.1) is 0 Å². The van der Waals surface area contributed by atoms with Gasteiger partial charge in [0.1, 0.15) is 0 Å². The lowest BCUT2D eigenvalue weighted by atomic mass is 9.80. The highest BCUT2D eigenvalue weighted by molar-refractivity contribution is 5.19. The van der Waals surface area contributed by atoms with Gasteiger partial charge in [0, 0.05) is 19.1 Å². The highest BCUT2D eigenvalue weighted by Crippen LogP contribution is 2.34. The van der Waals surface area contributed by atoms with E-state index in [1.807, 2.05) is 0 Å². The van der Waals surface area contributed by atoms with Crippen molar-refractivity contribution in [3.63, 3.8) is 0 Å². The summed E-state index contributed by atoms with van der Waals surface area (Å²) < 4.78 is 0. The molecule has 1 aliphatic heterocycles. The van der Waals surface area contributed by atoms with Gasteiger partial charge >= 0.3 is 0 Å². The summed E-state index contributed by atoms with van der Waals surface area (Å²) in [6.07, 6.45) is 2.53. The maximum absolute atomic E-state index is 3.72. The second-order valence-electron chi connectivity index (χ2n) is 7.53. The number of likely N-dealkylation sites (tertiary alicyclic amines) is 1. The summed E-state index contributed by atoms with van der Waals surface area (Å²) in [5, 5.41) is 3.72. The number of nitrogens with zero attached hydrogens (tertiary/aromatic N) is 1. The molecule has 2 atom stereocenters. The van der Waals surface area contributed by atoms with Crippen LogP contribution in [0.4, 0.5) is 0 Å². The minimum Gasteiger partial charge on any atom is -0.309 e. The quantitative estimate of drug-likeness (QED) is 0.848. The molecule has 1 saturated heterocycles. The van der Waals surface area contributed by atoms with E-state index in [9.17, 15) is 0 Å². The van der Waals surface area contributed by atoms with E-state index in [0.29, 0.717) is 11.5 Å². The van der Waals surface area contributed by atoms with Crippen LogP contribution in [0.1, 0.15) is 52.1 Å². The molecule has 0 aromatic heterocycles. The smallest absolute Gasteiger partial charge is 0.0449 e. The average molecular weight is 288 g/mol. The van der Waals surface area contributed by atoms with Crippen molar-refractivity contribution in [3.05, 3.63) is 35.9 Å². The molecule has 1 heterocycles. The van der Waals surface area contributed by atoms with Crippen molar-refractivity contribution >= 4 is 0 Å². The first-order valence-electron chi connectivity index (χ1n) is 8.51. The van der Waals surface area contributed by atoms with Gasteiger partial charge in [0.15, 0.2) is 0 Å². The lowest BCUT2D eigenvalue weighted by molar-refractivity contribution is 0.219. The number of hydrogen-bond acceptors (Lipinski definition) is 2. The Morgan fingerprint density at radius 3 is 2.52 bits per heavy atom. The fraction of sp³-hybridized carbons (Fsp3) is 0.684. The van der Waals surface area contributed by atoms with Gasteiger partial charge < -0.3 is 10.2 Å². The van der Waals surface area contributed by atoms with Gasteiger partial charge in [-0.1, -0.05) is 58.0 Å². The molecule has 2 heteroatoms. The fourth-order valence-corrected chi connectivity index (χ4v) is 3.26. The lowest BCUT2D eigenvalue weighted by Crippen LogP contribution is -2.35. The highest BCUT2D eigenvalue weighted by atomic mass is 15.2. The Kier molecular flexibility index (Phi) is 5.83. The maximum atomic E-state index is 3.72. The lowest BCUT2D eigenvalue weighted by Gasteiger charge is -2.29. The predicted molar refractivity (Wildman–Crippen MR) is 91.5 cm³/mol. The minimum atomic E-state index is 0.438. The largest absolute Gasteiger partial charge is 0.309 e. The molecule has 0 saturated carbocycles. The van der Waals surface area contributed by atoms with E-state index < -0.39 is 0 Å². The summed E-state index contributed by atoms with van der Waals surface area (Å²) in [5.74, 6) is 0.833. The summed E-state index contributed by atoms with van der Waals surface area (Å²) >= 11 is 0. The SMILES string of the molecule is CCCNC(CN1CCC(C(C)(C)C)C1)c1ccccc1. The van der Waals surface area contributed by atoms with Crippen LogP contribution in [0.2, 0.25) is 0 Å². The number of nitrogens with one attached hydrogen (secondary N) is 1. The monoisotopic (exact) mass is 288 g/mol. The summed E-state index contributed by atoms with van der Waals surface area (Å²) in [7, 11) is 0. The van der Waals surface area contributed by atoms with Gasteiger partial charge in [-0.3, -0.25) is 0 Å². The van der Waals surface area contributed by atoms with Crippen molar-refractivity contribution in [2.45, 2.75) is 46.6 Å². The molecule has 2 rings (SSSR count). The number of hydrogen-bond donors (Lipinski definition) is 1. The fourth-order valence-electron chi connectivity index (χ4n) is 3.26. The first-order chi connectivity index (χ1) is 10.0. The zero-order valence-electron chi connectivity index (χ0n) is 14.2. The first-order valence-corrected chi connectivity index (χ1v) is 8.51. The third-order valence-corrected chi connectivity index (χ3v) is 4.78. The molecule has 1 aromatic rings. The molecule has 0 radical (unpaired) electrons.